The van der Waals surface area contributed by atoms with Gasteiger partial charge in [-0.1, -0.05) is 26.0 Å². The van der Waals surface area contributed by atoms with Crippen molar-refractivity contribution in [2.24, 2.45) is 0 Å². The summed E-state index contributed by atoms with van der Waals surface area (Å²) in [5.74, 6) is 0. The molecule has 6 nitrogen and oxygen atoms in total. The SMILES string of the molecule is CCN(CC)S(=O)(=O)c1cc(NCc2cn3ccccc3n2)ccc1C. The first-order valence-corrected chi connectivity index (χ1v) is 10.2. The molecule has 0 saturated carbocycles. The van der Waals surface area contributed by atoms with Crippen molar-refractivity contribution >= 4 is 21.4 Å². The lowest BCUT2D eigenvalue weighted by molar-refractivity contribution is 0.445. The van der Waals surface area contributed by atoms with Crippen molar-refractivity contribution in [1.82, 2.24) is 13.7 Å². The Balaban J connectivity index is 1.83. The van der Waals surface area contributed by atoms with Crippen molar-refractivity contribution in [3.8, 4) is 0 Å². The van der Waals surface area contributed by atoms with Crippen LogP contribution in [0.3, 0.4) is 0 Å². The lowest BCUT2D eigenvalue weighted by Crippen LogP contribution is -2.31. The highest BCUT2D eigenvalue weighted by molar-refractivity contribution is 7.89. The first-order chi connectivity index (χ1) is 12.5. The predicted molar refractivity (Wildman–Crippen MR) is 104 cm³/mol. The number of aryl methyl sites for hydroxylation is 1. The monoisotopic (exact) mass is 372 g/mol. The van der Waals surface area contributed by atoms with Gasteiger partial charge in [-0.2, -0.15) is 4.31 Å². The van der Waals surface area contributed by atoms with E-state index in [1.165, 1.54) is 4.31 Å². The third kappa shape index (κ3) is 3.59. The zero-order valence-electron chi connectivity index (χ0n) is 15.3. The quantitative estimate of drug-likeness (QED) is 0.691. The number of fused-ring (bicyclic) bond motifs is 1. The Kier molecular flexibility index (Phi) is 5.29. The molecule has 138 valence electrons. The summed E-state index contributed by atoms with van der Waals surface area (Å²) in [7, 11) is -3.48. The van der Waals surface area contributed by atoms with Gasteiger partial charge in [0.05, 0.1) is 17.1 Å². The summed E-state index contributed by atoms with van der Waals surface area (Å²) in [6, 6.07) is 11.3. The second-order valence-electron chi connectivity index (χ2n) is 6.12. The van der Waals surface area contributed by atoms with Crippen LogP contribution in [0.4, 0.5) is 5.69 Å². The van der Waals surface area contributed by atoms with Gasteiger partial charge in [-0.25, -0.2) is 13.4 Å². The first kappa shape index (κ1) is 18.4. The normalized spacial score (nSPS) is 12.0. The highest BCUT2D eigenvalue weighted by Crippen LogP contribution is 2.24. The van der Waals surface area contributed by atoms with E-state index in [9.17, 15) is 8.42 Å². The van der Waals surface area contributed by atoms with E-state index in [1.54, 1.807) is 6.07 Å². The van der Waals surface area contributed by atoms with E-state index >= 15 is 0 Å². The van der Waals surface area contributed by atoms with Crippen molar-refractivity contribution in [3.63, 3.8) is 0 Å². The molecule has 0 aliphatic rings. The van der Waals surface area contributed by atoms with Gasteiger partial charge in [0, 0.05) is 31.2 Å². The number of pyridine rings is 1. The molecule has 2 aromatic heterocycles. The molecule has 3 aromatic rings. The van der Waals surface area contributed by atoms with Crippen LogP contribution in [0.5, 0.6) is 0 Å². The summed E-state index contributed by atoms with van der Waals surface area (Å²) < 4.78 is 29.1. The fraction of sp³-hybridized carbons (Fsp3) is 0.316. The van der Waals surface area contributed by atoms with Crippen LogP contribution in [-0.2, 0) is 16.6 Å². The zero-order valence-corrected chi connectivity index (χ0v) is 16.1. The Morgan fingerprint density at radius 2 is 1.92 bits per heavy atom. The number of nitrogens with one attached hydrogen (secondary N) is 1. The molecule has 2 heterocycles. The smallest absolute Gasteiger partial charge is 0.243 e. The van der Waals surface area contributed by atoms with Crippen LogP contribution in [0, 0.1) is 6.92 Å². The zero-order chi connectivity index (χ0) is 18.7. The largest absolute Gasteiger partial charge is 0.379 e. The van der Waals surface area contributed by atoms with Crippen molar-refractivity contribution in [2.45, 2.75) is 32.2 Å². The number of sulfonamides is 1. The second kappa shape index (κ2) is 7.47. The van der Waals surface area contributed by atoms with Gasteiger partial charge in [-0.05, 0) is 36.8 Å². The first-order valence-electron chi connectivity index (χ1n) is 8.73. The predicted octanol–water partition coefficient (Wildman–Crippen LogP) is 3.29. The molecule has 0 bridgehead atoms. The summed E-state index contributed by atoms with van der Waals surface area (Å²) in [5.41, 5.74) is 3.29. The summed E-state index contributed by atoms with van der Waals surface area (Å²) in [4.78, 5) is 4.89. The molecule has 0 fully saturated rings. The minimum absolute atomic E-state index is 0.348. The molecule has 0 unspecified atom stereocenters. The van der Waals surface area contributed by atoms with Crippen LogP contribution >= 0.6 is 0 Å². The molecular weight excluding hydrogens is 348 g/mol. The van der Waals surface area contributed by atoms with Crippen molar-refractivity contribution in [1.29, 1.82) is 0 Å². The number of aromatic nitrogens is 2. The molecule has 0 atom stereocenters. The average molecular weight is 372 g/mol. The van der Waals surface area contributed by atoms with Crippen LogP contribution in [-0.4, -0.2) is 35.2 Å². The van der Waals surface area contributed by atoms with Crippen molar-refractivity contribution in [3.05, 3.63) is 60.0 Å². The summed E-state index contributed by atoms with van der Waals surface area (Å²) in [6.07, 6.45) is 3.91. The molecule has 0 radical (unpaired) electrons. The van der Waals surface area contributed by atoms with Crippen LogP contribution in [0.1, 0.15) is 25.1 Å². The average Bonchev–Trinajstić information content (AvgIpc) is 3.04. The number of benzene rings is 1. The fourth-order valence-electron chi connectivity index (χ4n) is 2.96. The molecule has 26 heavy (non-hydrogen) atoms. The van der Waals surface area contributed by atoms with Crippen molar-refractivity contribution < 1.29 is 8.42 Å². The summed E-state index contributed by atoms with van der Waals surface area (Å²) >= 11 is 0. The minimum Gasteiger partial charge on any atom is -0.379 e. The molecule has 3 rings (SSSR count). The van der Waals surface area contributed by atoms with E-state index in [4.69, 9.17) is 0 Å². The Labute approximate surface area is 154 Å². The minimum atomic E-state index is -3.48. The van der Waals surface area contributed by atoms with Gasteiger partial charge in [0.2, 0.25) is 10.0 Å². The Morgan fingerprint density at radius 1 is 1.15 bits per heavy atom. The molecule has 1 aromatic carbocycles. The molecule has 7 heteroatoms. The van der Waals surface area contributed by atoms with Gasteiger partial charge in [0.1, 0.15) is 5.65 Å². The maximum Gasteiger partial charge on any atom is 0.243 e. The topological polar surface area (TPSA) is 66.7 Å². The molecule has 0 aliphatic carbocycles. The molecule has 0 spiro atoms. The number of hydrogen-bond donors (Lipinski definition) is 1. The molecule has 0 amide bonds. The summed E-state index contributed by atoms with van der Waals surface area (Å²) in [5, 5.41) is 3.28. The van der Waals surface area contributed by atoms with E-state index in [-0.39, 0.29) is 0 Å². The van der Waals surface area contributed by atoms with Gasteiger partial charge in [-0.15, -0.1) is 0 Å². The van der Waals surface area contributed by atoms with Gasteiger partial charge in [0.25, 0.3) is 0 Å². The maximum atomic E-state index is 12.8. The Hall–Kier alpha value is -2.38. The third-order valence-corrected chi connectivity index (χ3v) is 6.59. The van der Waals surface area contributed by atoms with Crippen molar-refractivity contribution in [2.75, 3.05) is 18.4 Å². The van der Waals surface area contributed by atoms with Crippen LogP contribution < -0.4 is 5.32 Å². The number of nitrogens with zero attached hydrogens (tertiary/aromatic N) is 3. The highest BCUT2D eigenvalue weighted by atomic mass is 32.2. The number of imidazole rings is 1. The molecule has 0 saturated heterocycles. The van der Waals surface area contributed by atoms with Crippen LogP contribution in [0.15, 0.2) is 53.7 Å². The van der Waals surface area contributed by atoms with Gasteiger partial charge >= 0.3 is 0 Å². The van der Waals surface area contributed by atoms with E-state index in [1.807, 2.05) is 67.9 Å². The number of rotatable bonds is 7. The van der Waals surface area contributed by atoms with E-state index < -0.39 is 10.0 Å². The van der Waals surface area contributed by atoms with E-state index in [0.717, 1.165) is 22.6 Å². The standard InChI is InChI=1S/C19H24N4O2S/c1-4-23(5-2)26(24,25)18-12-16(10-9-15(18)3)20-13-17-14-22-11-7-6-8-19(22)21-17/h6-12,14,20H,4-5,13H2,1-3H3. The van der Waals surface area contributed by atoms with E-state index in [2.05, 4.69) is 10.3 Å². The number of hydrogen-bond acceptors (Lipinski definition) is 4. The second-order valence-corrected chi connectivity index (χ2v) is 8.03. The Morgan fingerprint density at radius 3 is 2.62 bits per heavy atom. The van der Waals surface area contributed by atoms with Gasteiger partial charge in [-0.3, -0.25) is 0 Å². The highest BCUT2D eigenvalue weighted by Gasteiger charge is 2.23. The lowest BCUT2D eigenvalue weighted by atomic mass is 10.2. The Bertz CT molecular complexity index is 974. The maximum absolute atomic E-state index is 12.8. The fourth-order valence-corrected chi connectivity index (χ4v) is 4.66. The van der Waals surface area contributed by atoms with Crippen LogP contribution in [0.2, 0.25) is 0 Å². The van der Waals surface area contributed by atoms with Crippen LogP contribution in [0.25, 0.3) is 5.65 Å². The summed E-state index contributed by atoms with van der Waals surface area (Å²) in [6.45, 7) is 6.95. The van der Waals surface area contributed by atoms with Gasteiger partial charge in [0.15, 0.2) is 0 Å². The lowest BCUT2D eigenvalue weighted by Gasteiger charge is -2.20. The third-order valence-electron chi connectivity index (χ3n) is 4.40. The molecule has 1 N–H and O–H groups in total. The van der Waals surface area contributed by atoms with Gasteiger partial charge < -0.3 is 9.72 Å². The molecular formula is C19H24N4O2S. The number of anilines is 1. The molecule has 0 aliphatic heterocycles. The van der Waals surface area contributed by atoms with E-state index in [0.29, 0.717) is 24.5 Å².